The molecule has 2 rings (SSSR count). The first-order chi connectivity index (χ1) is 9.10. The molecule has 0 bridgehead atoms. The Morgan fingerprint density at radius 2 is 2.05 bits per heavy atom. The summed E-state index contributed by atoms with van der Waals surface area (Å²) in [6, 6.07) is 11.8. The lowest BCUT2D eigenvalue weighted by Gasteiger charge is -2.10. The summed E-state index contributed by atoms with van der Waals surface area (Å²) < 4.78 is 5.64. The molecule has 3 N–H and O–H groups in total. The maximum Gasteiger partial charge on any atom is 0.251 e. The van der Waals surface area contributed by atoms with Gasteiger partial charge in [0, 0.05) is 17.6 Å². The van der Waals surface area contributed by atoms with Crippen LogP contribution in [0.3, 0.4) is 0 Å². The van der Waals surface area contributed by atoms with Crippen LogP contribution in [0.2, 0.25) is 5.02 Å². The maximum absolute atomic E-state index is 11.6. The lowest BCUT2D eigenvalue weighted by Crippen LogP contribution is -2.17. The Hall–Kier alpha value is -2.20. The van der Waals surface area contributed by atoms with Crippen molar-refractivity contribution >= 4 is 23.2 Å². The van der Waals surface area contributed by atoms with E-state index in [1.54, 1.807) is 49.5 Å². The summed E-state index contributed by atoms with van der Waals surface area (Å²) in [4.78, 5) is 11.6. The molecule has 0 aliphatic heterocycles. The normalized spacial score (nSPS) is 10.0. The van der Waals surface area contributed by atoms with E-state index in [9.17, 15) is 4.79 Å². The topological polar surface area (TPSA) is 64.4 Å². The van der Waals surface area contributed by atoms with Gasteiger partial charge >= 0.3 is 0 Å². The minimum atomic E-state index is -0.198. The van der Waals surface area contributed by atoms with Gasteiger partial charge in [-0.1, -0.05) is 17.7 Å². The van der Waals surface area contributed by atoms with Crippen molar-refractivity contribution in [1.29, 1.82) is 0 Å². The molecule has 1 amide bonds. The lowest BCUT2D eigenvalue weighted by atomic mass is 10.2. The van der Waals surface area contributed by atoms with E-state index in [2.05, 4.69) is 5.32 Å². The summed E-state index contributed by atoms with van der Waals surface area (Å²) in [5, 5.41) is 3.11. The van der Waals surface area contributed by atoms with Crippen LogP contribution in [0.5, 0.6) is 11.5 Å². The van der Waals surface area contributed by atoms with E-state index in [1.165, 1.54) is 0 Å². The molecular weight excluding hydrogens is 264 g/mol. The first kappa shape index (κ1) is 13.2. The molecule has 19 heavy (non-hydrogen) atoms. The van der Waals surface area contributed by atoms with Crippen molar-refractivity contribution in [2.75, 3.05) is 12.8 Å². The van der Waals surface area contributed by atoms with Crippen molar-refractivity contribution in [2.45, 2.75) is 0 Å². The van der Waals surface area contributed by atoms with E-state index in [-0.39, 0.29) is 5.91 Å². The Morgan fingerprint density at radius 1 is 1.26 bits per heavy atom. The first-order valence-corrected chi connectivity index (χ1v) is 6.03. The summed E-state index contributed by atoms with van der Waals surface area (Å²) in [7, 11) is 1.57. The summed E-state index contributed by atoms with van der Waals surface area (Å²) in [5.74, 6) is 0.785. The van der Waals surface area contributed by atoms with E-state index < -0.39 is 0 Å². The molecule has 0 saturated carbocycles. The molecule has 0 radical (unpaired) electrons. The van der Waals surface area contributed by atoms with Crippen molar-refractivity contribution in [3.05, 3.63) is 53.1 Å². The molecule has 0 unspecified atom stereocenters. The van der Waals surface area contributed by atoms with Gasteiger partial charge in [-0.05, 0) is 36.4 Å². The molecule has 2 aromatic rings. The van der Waals surface area contributed by atoms with Gasteiger partial charge in [-0.25, -0.2) is 0 Å². The van der Waals surface area contributed by atoms with Crippen molar-refractivity contribution in [3.8, 4) is 11.5 Å². The number of nitrogens with two attached hydrogens (primary N) is 1. The summed E-state index contributed by atoms with van der Waals surface area (Å²) in [5.41, 5.74) is 6.76. The van der Waals surface area contributed by atoms with E-state index in [0.717, 1.165) is 0 Å². The molecule has 0 aromatic heterocycles. The minimum absolute atomic E-state index is 0.198. The van der Waals surface area contributed by atoms with Crippen LogP contribution < -0.4 is 15.8 Å². The Labute approximate surface area is 116 Å². The van der Waals surface area contributed by atoms with Crippen molar-refractivity contribution < 1.29 is 9.53 Å². The summed E-state index contributed by atoms with van der Waals surface area (Å²) in [6.07, 6.45) is 0. The maximum atomic E-state index is 11.6. The van der Waals surface area contributed by atoms with Gasteiger partial charge in [0.15, 0.2) is 5.75 Å². The van der Waals surface area contributed by atoms with Crippen LogP contribution in [0.1, 0.15) is 10.4 Å². The molecular formula is C14H13ClN2O2. The van der Waals surface area contributed by atoms with Gasteiger partial charge in [-0.3, -0.25) is 4.79 Å². The number of carbonyl (C=O) groups excluding carboxylic acids is 1. The fourth-order valence-corrected chi connectivity index (χ4v) is 1.75. The Morgan fingerprint density at radius 3 is 2.74 bits per heavy atom. The number of benzene rings is 2. The van der Waals surface area contributed by atoms with Crippen LogP contribution in [0.4, 0.5) is 5.69 Å². The van der Waals surface area contributed by atoms with Crippen LogP contribution in [0, 0.1) is 0 Å². The second-order valence-corrected chi connectivity index (χ2v) is 4.33. The molecule has 0 spiro atoms. The summed E-state index contributed by atoms with van der Waals surface area (Å²) >= 11 is 5.88. The Bertz CT molecular complexity index is 614. The number of rotatable bonds is 3. The molecule has 2 aromatic carbocycles. The fraction of sp³-hybridized carbons (Fsp3) is 0.0714. The molecule has 0 atom stereocenters. The molecule has 0 aliphatic carbocycles. The Balaban J connectivity index is 2.31. The molecule has 0 fully saturated rings. The van der Waals surface area contributed by atoms with Crippen LogP contribution >= 0.6 is 11.6 Å². The molecule has 4 nitrogen and oxygen atoms in total. The first-order valence-electron chi connectivity index (χ1n) is 5.65. The van der Waals surface area contributed by atoms with Gasteiger partial charge in [0.05, 0.1) is 5.69 Å². The average molecular weight is 277 g/mol. The number of carbonyl (C=O) groups is 1. The second-order valence-electron chi connectivity index (χ2n) is 3.89. The van der Waals surface area contributed by atoms with Crippen molar-refractivity contribution in [2.24, 2.45) is 0 Å². The highest BCUT2D eigenvalue weighted by Gasteiger charge is 2.08. The third-order valence-electron chi connectivity index (χ3n) is 2.53. The molecule has 0 saturated heterocycles. The number of hydrogen-bond acceptors (Lipinski definition) is 3. The van der Waals surface area contributed by atoms with Gasteiger partial charge < -0.3 is 15.8 Å². The molecule has 98 valence electrons. The third-order valence-corrected chi connectivity index (χ3v) is 2.76. The highest BCUT2D eigenvalue weighted by Crippen LogP contribution is 2.29. The van der Waals surface area contributed by atoms with E-state index in [0.29, 0.717) is 27.8 Å². The minimum Gasteiger partial charge on any atom is -0.455 e. The molecule has 0 heterocycles. The number of nitrogens with one attached hydrogen (secondary N) is 1. The number of amides is 1. The Kier molecular flexibility index (Phi) is 3.92. The highest BCUT2D eigenvalue weighted by atomic mass is 35.5. The fourth-order valence-electron chi connectivity index (χ4n) is 1.57. The number of anilines is 1. The van der Waals surface area contributed by atoms with Crippen molar-refractivity contribution in [1.82, 2.24) is 5.32 Å². The SMILES string of the molecule is CNC(=O)c1ccc(N)c(Oc2cccc(Cl)c2)c1. The highest BCUT2D eigenvalue weighted by molar-refractivity contribution is 6.30. The number of ether oxygens (including phenoxy) is 1. The monoisotopic (exact) mass is 276 g/mol. The van der Waals surface area contributed by atoms with Crippen molar-refractivity contribution in [3.63, 3.8) is 0 Å². The smallest absolute Gasteiger partial charge is 0.251 e. The summed E-state index contributed by atoms with van der Waals surface area (Å²) in [6.45, 7) is 0. The number of nitrogen functional groups attached to an aromatic ring is 1. The van der Waals surface area contributed by atoms with E-state index in [4.69, 9.17) is 22.1 Å². The number of halogens is 1. The molecule has 5 heteroatoms. The van der Waals surface area contributed by atoms with Crippen LogP contribution in [-0.4, -0.2) is 13.0 Å². The van der Waals surface area contributed by atoms with E-state index in [1.807, 2.05) is 0 Å². The third kappa shape index (κ3) is 3.17. The predicted octanol–water partition coefficient (Wildman–Crippen LogP) is 3.07. The largest absolute Gasteiger partial charge is 0.455 e. The van der Waals surface area contributed by atoms with Gasteiger partial charge in [0.1, 0.15) is 5.75 Å². The average Bonchev–Trinajstić information content (AvgIpc) is 2.40. The predicted molar refractivity (Wildman–Crippen MR) is 75.8 cm³/mol. The lowest BCUT2D eigenvalue weighted by molar-refractivity contribution is 0.0963. The zero-order chi connectivity index (χ0) is 13.8. The zero-order valence-corrected chi connectivity index (χ0v) is 11.1. The zero-order valence-electron chi connectivity index (χ0n) is 10.3. The van der Waals surface area contributed by atoms with Crippen LogP contribution in [-0.2, 0) is 0 Å². The second kappa shape index (κ2) is 5.63. The van der Waals surface area contributed by atoms with Gasteiger partial charge in [0.25, 0.3) is 5.91 Å². The quantitative estimate of drug-likeness (QED) is 0.847. The van der Waals surface area contributed by atoms with E-state index >= 15 is 0 Å². The van der Waals surface area contributed by atoms with Crippen LogP contribution in [0.25, 0.3) is 0 Å². The number of hydrogen-bond donors (Lipinski definition) is 2. The van der Waals surface area contributed by atoms with Crippen LogP contribution in [0.15, 0.2) is 42.5 Å². The van der Waals surface area contributed by atoms with Gasteiger partial charge in [0.2, 0.25) is 0 Å². The van der Waals surface area contributed by atoms with Gasteiger partial charge in [-0.2, -0.15) is 0 Å². The molecule has 0 aliphatic rings. The standard InChI is InChI=1S/C14H13ClN2O2/c1-17-14(18)9-5-6-12(16)13(7-9)19-11-4-2-3-10(15)8-11/h2-8H,16H2,1H3,(H,17,18). The van der Waals surface area contributed by atoms with Gasteiger partial charge in [-0.15, -0.1) is 0 Å².